The average Bonchev–Trinajstić information content (AvgIpc) is 3.14. The van der Waals surface area contributed by atoms with E-state index in [1.54, 1.807) is 18.4 Å². The van der Waals surface area contributed by atoms with Crippen LogP contribution in [0.2, 0.25) is 0 Å². The number of amides is 1. The summed E-state index contributed by atoms with van der Waals surface area (Å²) in [6.45, 7) is 6.08. The predicted molar refractivity (Wildman–Crippen MR) is 108 cm³/mol. The number of nitrogens with one attached hydrogen (secondary N) is 3. The Kier molecular flexibility index (Phi) is 8.08. The van der Waals surface area contributed by atoms with Crippen LogP contribution in [-0.2, 0) is 19.5 Å². The Bertz CT molecular complexity index is 741. The number of aliphatic imine (C=N–C) groups is 1. The molecule has 0 spiro atoms. The second-order valence-electron chi connectivity index (χ2n) is 5.81. The highest BCUT2D eigenvalue weighted by atomic mass is 32.1. The normalized spacial score (nSPS) is 11.3. The fraction of sp³-hybridized carbons (Fsp3) is 0.421. The fourth-order valence-corrected chi connectivity index (χ4v) is 3.12. The number of aryl methyl sites for hydroxylation is 1. The molecule has 0 bridgehead atoms. The average molecular weight is 374 g/mol. The van der Waals surface area contributed by atoms with Crippen molar-refractivity contribution in [2.75, 3.05) is 13.6 Å². The van der Waals surface area contributed by atoms with Crippen molar-refractivity contribution in [3.63, 3.8) is 0 Å². The van der Waals surface area contributed by atoms with Crippen LogP contribution in [0.15, 0.2) is 35.5 Å². The van der Waals surface area contributed by atoms with E-state index >= 15 is 0 Å². The standard InChI is InChI=1S/C19H27N5OS/c1-4-9-21-18(25)15-8-6-7-14(10-15)11-23-19(20-3)24-13-17-22-12-16(5-2)26-17/h6-8,10,12H,4-5,9,11,13H2,1-3H3,(H,21,25)(H2,20,23,24). The summed E-state index contributed by atoms with van der Waals surface area (Å²) in [6.07, 6.45) is 3.85. The number of nitrogens with zero attached hydrogens (tertiary/aromatic N) is 2. The third-order valence-corrected chi connectivity index (χ3v) is 4.91. The fourth-order valence-electron chi connectivity index (χ4n) is 2.32. The summed E-state index contributed by atoms with van der Waals surface area (Å²) in [5.74, 6) is 0.672. The monoisotopic (exact) mass is 373 g/mol. The molecule has 0 aliphatic rings. The molecule has 2 rings (SSSR count). The van der Waals surface area contributed by atoms with Gasteiger partial charge in [-0.05, 0) is 30.5 Å². The van der Waals surface area contributed by atoms with Crippen LogP contribution in [0.3, 0.4) is 0 Å². The van der Waals surface area contributed by atoms with E-state index in [1.165, 1.54) is 4.88 Å². The van der Waals surface area contributed by atoms with Crippen molar-refractivity contribution < 1.29 is 4.79 Å². The van der Waals surface area contributed by atoms with Crippen molar-refractivity contribution in [2.24, 2.45) is 4.99 Å². The number of hydrogen-bond acceptors (Lipinski definition) is 4. The molecule has 0 radical (unpaired) electrons. The molecule has 26 heavy (non-hydrogen) atoms. The molecule has 0 unspecified atom stereocenters. The molecule has 0 atom stereocenters. The zero-order valence-electron chi connectivity index (χ0n) is 15.6. The molecule has 2 aromatic rings. The van der Waals surface area contributed by atoms with Crippen molar-refractivity contribution in [2.45, 2.75) is 39.8 Å². The molecule has 0 fully saturated rings. The van der Waals surface area contributed by atoms with Gasteiger partial charge in [-0.3, -0.25) is 9.79 Å². The van der Waals surface area contributed by atoms with Gasteiger partial charge in [0.2, 0.25) is 0 Å². The molecule has 1 amide bonds. The first-order valence-corrected chi connectivity index (χ1v) is 9.73. The van der Waals surface area contributed by atoms with E-state index in [4.69, 9.17) is 0 Å². The summed E-state index contributed by atoms with van der Waals surface area (Å²) in [5, 5.41) is 10.5. The van der Waals surface area contributed by atoms with E-state index in [-0.39, 0.29) is 5.91 Å². The van der Waals surface area contributed by atoms with Crippen LogP contribution in [-0.4, -0.2) is 30.4 Å². The van der Waals surface area contributed by atoms with E-state index in [0.29, 0.717) is 31.2 Å². The molecule has 7 heteroatoms. The minimum Gasteiger partial charge on any atom is -0.352 e. The highest BCUT2D eigenvalue weighted by Crippen LogP contribution is 2.12. The molecule has 1 aromatic carbocycles. The molecule has 0 aliphatic carbocycles. The summed E-state index contributed by atoms with van der Waals surface area (Å²) in [4.78, 5) is 22.0. The van der Waals surface area contributed by atoms with Crippen LogP contribution >= 0.6 is 11.3 Å². The second kappa shape index (κ2) is 10.6. The van der Waals surface area contributed by atoms with E-state index in [2.05, 4.69) is 32.9 Å². The van der Waals surface area contributed by atoms with Crippen LogP contribution in [0.4, 0.5) is 0 Å². The van der Waals surface area contributed by atoms with Gasteiger partial charge >= 0.3 is 0 Å². The molecule has 0 saturated heterocycles. The van der Waals surface area contributed by atoms with E-state index in [1.807, 2.05) is 37.4 Å². The molecular formula is C19H27N5OS. The third kappa shape index (κ3) is 6.15. The summed E-state index contributed by atoms with van der Waals surface area (Å²) in [7, 11) is 1.74. The zero-order valence-corrected chi connectivity index (χ0v) is 16.4. The first-order chi connectivity index (χ1) is 12.7. The highest BCUT2D eigenvalue weighted by molar-refractivity contribution is 7.11. The first-order valence-electron chi connectivity index (χ1n) is 8.91. The molecular weight excluding hydrogens is 346 g/mol. The lowest BCUT2D eigenvalue weighted by molar-refractivity contribution is 0.0953. The molecule has 140 valence electrons. The van der Waals surface area contributed by atoms with Gasteiger partial charge in [-0.1, -0.05) is 26.0 Å². The Morgan fingerprint density at radius 3 is 2.69 bits per heavy atom. The van der Waals surface area contributed by atoms with Gasteiger partial charge in [-0.25, -0.2) is 4.98 Å². The van der Waals surface area contributed by atoms with Gasteiger partial charge in [0.1, 0.15) is 5.01 Å². The molecule has 1 aromatic heterocycles. The maximum atomic E-state index is 12.1. The van der Waals surface area contributed by atoms with E-state index < -0.39 is 0 Å². The number of rotatable bonds is 8. The highest BCUT2D eigenvalue weighted by Gasteiger charge is 2.06. The number of carbonyl (C=O) groups is 1. The van der Waals surface area contributed by atoms with Crippen LogP contribution in [0.1, 0.15) is 46.1 Å². The van der Waals surface area contributed by atoms with Gasteiger partial charge < -0.3 is 16.0 Å². The van der Waals surface area contributed by atoms with Gasteiger partial charge in [-0.2, -0.15) is 0 Å². The van der Waals surface area contributed by atoms with Crippen LogP contribution < -0.4 is 16.0 Å². The van der Waals surface area contributed by atoms with Crippen molar-refractivity contribution in [3.05, 3.63) is 51.5 Å². The summed E-state index contributed by atoms with van der Waals surface area (Å²) in [6, 6.07) is 7.62. The number of carbonyl (C=O) groups excluding carboxylic acids is 1. The van der Waals surface area contributed by atoms with Crippen molar-refractivity contribution in [1.82, 2.24) is 20.9 Å². The van der Waals surface area contributed by atoms with Gasteiger partial charge in [0.05, 0.1) is 6.54 Å². The van der Waals surface area contributed by atoms with Gasteiger partial charge in [-0.15, -0.1) is 11.3 Å². The van der Waals surface area contributed by atoms with Crippen molar-refractivity contribution in [1.29, 1.82) is 0 Å². The topological polar surface area (TPSA) is 78.4 Å². The molecule has 0 saturated carbocycles. The lowest BCUT2D eigenvalue weighted by Gasteiger charge is -2.12. The zero-order chi connectivity index (χ0) is 18.8. The minimum absolute atomic E-state index is 0.0355. The molecule has 1 heterocycles. The SMILES string of the molecule is CCCNC(=O)c1cccc(CNC(=NC)NCc2ncc(CC)s2)c1. The maximum Gasteiger partial charge on any atom is 0.251 e. The van der Waals surface area contributed by atoms with Crippen LogP contribution in [0.5, 0.6) is 0 Å². The largest absolute Gasteiger partial charge is 0.352 e. The first kappa shape index (κ1) is 19.9. The number of guanidine groups is 1. The second-order valence-corrected chi connectivity index (χ2v) is 7.01. The Balaban J connectivity index is 1.86. The summed E-state index contributed by atoms with van der Waals surface area (Å²) >= 11 is 1.71. The summed E-state index contributed by atoms with van der Waals surface area (Å²) in [5.41, 5.74) is 1.70. The van der Waals surface area contributed by atoms with Gasteiger partial charge in [0, 0.05) is 36.8 Å². The van der Waals surface area contributed by atoms with E-state index in [0.717, 1.165) is 23.4 Å². The lowest BCUT2D eigenvalue weighted by atomic mass is 10.1. The Hall–Kier alpha value is -2.41. The summed E-state index contributed by atoms with van der Waals surface area (Å²) < 4.78 is 0. The van der Waals surface area contributed by atoms with Crippen LogP contribution in [0.25, 0.3) is 0 Å². The molecule has 0 aliphatic heterocycles. The van der Waals surface area contributed by atoms with Gasteiger partial charge in [0.25, 0.3) is 5.91 Å². The third-order valence-electron chi connectivity index (χ3n) is 3.77. The van der Waals surface area contributed by atoms with E-state index in [9.17, 15) is 4.79 Å². The number of hydrogen-bond donors (Lipinski definition) is 3. The number of benzene rings is 1. The molecule has 6 nitrogen and oxygen atoms in total. The lowest BCUT2D eigenvalue weighted by Crippen LogP contribution is -2.36. The Morgan fingerprint density at radius 1 is 1.19 bits per heavy atom. The Labute approximate surface area is 159 Å². The number of aromatic nitrogens is 1. The maximum absolute atomic E-state index is 12.1. The minimum atomic E-state index is -0.0355. The molecule has 3 N–H and O–H groups in total. The Morgan fingerprint density at radius 2 is 2.00 bits per heavy atom. The number of thiazole rings is 1. The quantitative estimate of drug-likeness (QED) is 0.491. The van der Waals surface area contributed by atoms with Gasteiger partial charge in [0.15, 0.2) is 5.96 Å². The smallest absolute Gasteiger partial charge is 0.251 e. The predicted octanol–water partition coefficient (Wildman–Crippen LogP) is 2.71. The van der Waals surface area contributed by atoms with Crippen molar-refractivity contribution in [3.8, 4) is 0 Å². The van der Waals surface area contributed by atoms with Crippen LogP contribution in [0, 0.1) is 0 Å². The van der Waals surface area contributed by atoms with Crippen molar-refractivity contribution >= 4 is 23.2 Å².